The summed E-state index contributed by atoms with van der Waals surface area (Å²) in [7, 11) is 0. The Labute approximate surface area is 119 Å². The van der Waals surface area contributed by atoms with Crippen LogP contribution in [-0.4, -0.2) is 18.1 Å². The molecular weight excluding hydrogens is 253 g/mol. The number of aromatic nitrogens is 1. The summed E-state index contributed by atoms with van der Waals surface area (Å²) in [4.78, 5) is 6.65. The molecule has 0 amide bonds. The maximum atomic E-state index is 13.0. The van der Waals surface area contributed by atoms with Gasteiger partial charge in [-0.1, -0.05) is 13.0 Å². The predicted octanol–water partition coefficient (Wildman–Crippen LogP) is 4.20. The van der Waals surface area contributed by atoms with Crippen molar-refractivity contribution in [1.82, 2.24) is 4.98 Å². The Morgan fingerprint density at radius 3 is 2.50 bits per heavy atom. The van der Waals surface area contributed by atoms with Gasteiger partial charge in [0.2, 0.25) is 0 Å². The van der Waals surface area contributed by atoms with Crippen LogP contribution in [0.5, 0.6) is 0 Å². The predicted molar refractivity (Wildman–Crippen MR) is 82.1 cm³/mol. The van der Waals surface area contributed by atoms with Crippen molar-refractivity contribution in [3.63, 3.8) is 0 Å². The number of hydrogen-bond donors (Lipinski definition) is 1. The maximum Gasteiger partial charge on any atom is 0.135 e. The molecule has 0 bridgehead atoms. The Hall–Kier alpha value is -2.10. The number of nitrogens with zero attached hydrogens (tertiary/aromatic N) is 2. The lowest BCUT2D eigenvalue weighted by atomic mass is 10.2. The number of benzene rings is 1. The van der Waals surface area contributed by atoms with E-state index < -0.39 is 0 Å². The van der Waals surface area contributed by atoms with E-state index in [4.69, 9.17) is 0 Å². The molecule has 0 aliphatic rings. The van der Waals surface area contributed by atoms with Crippen molar-refractivity contribution in [2.75, 3.05) is 23.3 Å². The van der Waals surface area contributed by atoms with Gasteiger partial charge < -0.3 is 10.2 Å². The molecule has 1 aromatic carbocycles. The zero-order valence-corrected chi connectivity index (χ0v) is 11.9. The molecule has 0 saturated heterocycles. The Morgan fingerprint density at radius 2 is 1.85 bits per heavy atom. The van der Waals surface area contributed by atoms with Gasteiger partial charge in [0.05, 0.1) is 0 Å². The van der Waals surface area contributed by atoms with Crippen LogP contribution in [0.25, 0.3) is 0 Å². The molecule has 0 fully saturated rings. The highest BCUT2D eigenvalue weighted by Crippen LogP contribution is 2.24. The van der Waals surface area contributed by atoms with Crippen LogP contribution in [0, 0.1) is 5.82 Å². The van der Waals surface area contributed by atoms with Crippen molar-refractivity contribution in [1.29, 1.82) is 0 Å². The molecule has 1 N–H and O–H groups in total. The van der Waals surface area contributed by atoms with E-state index in [0.29, 0.717) is 0 Å². The SMILES string of the molecule is CCCNc1cccc(N(CC)c2ccc(F)cc2)n1. The van der Waals surface area contributed by atoms with Gasteiger partial charge in [-0.2, -0.15) is 0 Å². The first-order chi connectivity index (χ1) is 9.74. The lowest BCUT2D eigenvalue weighted by molar-refractivity contribution is 0.628. The van der Waals surface area contributed by atoms with E-state index in [0.717, 1.165) is 36.8 Å². The van der Waals surface area contributed by atoms with Gasteiger partial charge in [0.25, 0.3) is 0 Å². The fraction of sp³-hybridized carbons (Fsp3) is 0.312. The molecule has 0 saturated carbocycles. The highest BCUT2D eigenvalue weighted by molar-refractivity contribution is 5.61. The van der Waals surface area contributed by atoms with Crippen LogP contribution in [0.3, 0.4) is 0 Å². The minimum absolute atomic E-state index is 0.226. The van der Waals surface area contributed by atoms with Crippen LogP contribution < -0.4 is 10.2 Å². The summed E-state index contributed by atoms with van der Waals surface area (Å²) in [6.07, 6.45) is 1.06. The molecule has 0 radical (unpaired) electrons. The molecule has 2 rings (SSSR count). The summed E-state index contributed by atoms with van der Waals surface area (Å²) in [6, 6.07) is 12.4. The Bertz CT molecular complexity index is 540. The van der Waals surface area contributed by atoms with Crippen LogP contribution in [0.4, 0.5) is 21.7 Å². The summed E-state index contributed by atoms with van der Waals surface area (Å²) >= 11 is 0. The molecule has 106 valence electrons. The van der Waals surface area contributed by atoms with Crippen molar-refractivity contribution in [2.24, 2.45) is 0 Å². The summed E-state index contributed by atoms with van der Waals surface area (Å²) in [6.45, 7) is 5.85. The summed E-state index contributed by atoms with van der Waals surface area (Å²) in [5.41, 5.74) is 0.939. The molecule has 0 unspecified atom stereocenters. The van der Waals surface area contributed by atoms with E-state index >= 15 is 0 Å². The van der Waals surface area contributed by atoms with Gasteiger partial charge in [0, 0.05) is 18.8 Å². The van der Waals surface area contributed by atoms with Crippen molar-refractivity contribution in [2.45, 2.75) is 20.3 Å². The van der Waals surface area contributed by atoms with Gasteiger partial charge in [-0.25, -0.2) is 9.37 Å². The second-order valence-electron chi connectivity index (χ2n) is 4.53. The summed E-state index contributed by atoms with van der Waals surface area (Å²) in [5, 5.41) is 3.28. The van der Waals surface area contributed by atoms with E-state index in [9.17, 15) is 4.39 Å². The molecule has 20 heavy (non-hydrogen) atoms. The molecule has 2 aromatic rings. The second kappa shape index (κ2) is 6.89. The standard InChI is InChI=1S/C16H20FN3/c1-3-12-18-15-6-5-7-16(19-15)20(4-2)14-10-8-13(17)9-11-14/h5-11H,3-4,12H2,1-2H3,(H,18,19). The van der Waals surface area contributed by atoms with Crippen molar-refractivity contribution < 1.29 is 4.39 Å². The molecule has 0 spiro atoms. The minimum atomic E-state index is -0.226. The van der Waals surface area contributed by atoms with Crippen molar-refractivity contribution in [3.05, 3.63) is 48.3 Å². The molecule has 3 nitrogen and oxygen atoms in total. The molecule has 1 aromatic heterocycles. The topological polar surface area (TPSA) is 28.2 Å². The largest absolute Gasteiger partial charge is 0.370 e. The van der Waals surface area contributed by atoms with E-state index in [-0.39, 0.29) is 5.82 Å². The summed E-state index contributed by atoms with van der Waals surface area (Å²) in [5.74, 6) is 1.50. The van der Waals surface area contributed by atoms with Gasteiger partial charge >= 0.3 is 0 Å². The van der Waals surface area contributed by atoms with Crippen molar-refractivity contribution in [3.8, 4) is 0 Å². The van der Waals surface area contributed by atoms with Crippen LogP contribution in [0.1, 0.15) is 20.3 Å². The average molecular weight is 273 g/mol. The van der Waals surface area contributed by atoms with Gasteiger partial charge in [-0.3, -0.25) is 0 Å². The monoisotopic (exact) mass is 273 g/mol. The molecule has 0 atom stereocenters. The molecule has 0 aliphatic carbocycles. The van der Waals surface area contributed by atoms with Gasteiger partial charge in [0.15, 0.2) is 0 Å². The number of hydrogen-bond acceptors (Lipinski definition) is 3. The van der Waals surface area contributed by atoms with Crippen LogP contribution >= 0.6 is 0 Å². The highest BCUT2D eigenvalue weighted by Gasteiger charge is 2.09. The third-order valence-corrected chi connectivity index (χ3v) is 3.02. The van der Waals surface area contributed by atoms with E-state index in [2.05, 4.69) is 29.0 Å². The van der Waals surface area contributed by atoms with Crippen LogP contribution in [0.2, 0.25) is 0 Å². The fourth-order valence-electron chi connectivity index (χ4n) is 2.02. The van der Waals surface area contributed by atoms with Gasteiger partial charge in [0.1, 0.15) is 17.5 Å². The first kappa shape index (κ1) is 14.3. The molecule has 4 heteroatoms. The minimum Gasteiger partial charge on any atom is -0.370 e. The van der Waals surface area contributed by atoms with Gasteiger partial charge in [-0.05, 0) is 49.7 Å². The zero-order valence-electron chi connectivity index (χ0n) is 11.9. The molecular formula is C16H20FN3. The van der Waals surface area contributed by atoms with E-state index in [1.54, 1.807) is 12.1 Å². The first-order valence-electron chi connectivity index (χ1n) is 6.98. The highest BCUT2D eigenvalue weighted by atomic mass is 19.1. The van der Waals surface area contributed by atoms with E-state index in [1.165, 1.54) is 12.1 Å². The molecule has 0 aliphatic heterocycles. The number of halogens is 1. The third kappa shape index (κ3) is 3.47. The second-order valence-corrected chi connectivity index (χ2v) is 4.53. The van der Waals surface area contributed by atoms with Crippen LogP contribution in [0.15, 0.2) is 42.5 Å². The van der Waals surface area contributed by atoms with Gasteiger partial charge in [-0.15, -0.1) is 0 Å². The number of anilines is 3. The van der Waals surface area contributed by atoms with Crippen LogP contribution in [-0.2, 0) is 0 Å². The lowest BCUT2D eigenvalue weighted by Gasteiger charge is -2.22. The number of rotatable bonds is 6. The first-order valence-corrected chi connectivity index (χ1v) is 6.98. The Morgan fingerprint density at radius 1 is 1.10 bits per heavy atom. The quantitative estimate of drug-likeness (QED) is 0.855. The average Bonchev–Trinajstić information content (AvgIpc) is 2.48. The molecule has 1 heterocycles. The lowest BCUT2D eigenvalue weighted by Crippen LogP contribution is -2.17. The Kier molecular flexibility index (Phi) is 4.93. The zero-order chi connectivity index (χ0) is 14.4. The Balaban J connectivity index is 2.24. The fourth-order valence-corrected chi connectivity index (χ4v) is 2.02. The number of nitrogens with one attached hydrogen (secondary N) is 1. The maximum absolute atomic E-state index is 13.0. The smallest absolute Gasteiger partial charge is 0.135 e. The number of pyridine rings is 1. The third-order valence-electron chi connectivity index (χ3n) is 3.02. The normalized spacial score (nSPS) is 10.3. The van der Waals surface area contributed by atoms with Crippen molar-refractivity contribution >= 4 is 17.3 Å². The summed E-state index contributed by atoms with van der Waals surface area (Å²) < 4.78 is 13.0. The van der Waals surface area contributed by atoms with E-state index in [1.807, 2.05) is 18.2 Å².